The van der Waals surface area contributed by atoms with Gasteiger partial charge >= 0.3 is 0 Å². The van der Waals surface area contributed by atoms with Crippen LogP contribution in [0.25, 0.3) is 22.3 Å². The number of carbonyl (C=O) groups excluding carboxylic acids is 2. The van der Waals surface area contributed by atoms with Crippen molar-refractivity contribution in [3.63, 3.8) is 0 Å². The number of benzene rings is 1. The number of alkyl halides is 1. The van der Waals surface area contributed by atoms with Gasteiger partial charge in [0.15, 0.2) is 0 Å². The van der Waals surface area contributed by atoms with Crippen LogP contribution in [0.5, 0.6) is 5.75 Å². The Morgan fingerprint density at radius 1 is 1.16 bits per heavy atom. The Morgan fingerprint density at radius 3 is 2.71 bits per heavy atom. The van der Waals surface area contributed by atoms with E-state index in [0.29, 0.717) is 64.7 Å². The van der Waals surface area contributed by atoms with E-state index in [4.69, 9.17) is 9.47 Å². The molecule has 2 amide bonds. The molecule has 0 aliphatic heterocycles. The van der Waals surface area contributed by atoms with Crippen molar-refractivity contribution >= 4 is 22.8 Å². The molecule has 0 spiro atoms. The summed E-state index contributed by atoms with van der Waals surface area (Å²) in [5, 5.41) is 5.56. The number of aromatic nitrogens is 3. The number of methoxy groups -OCH3 is 1. The molecular formula is C27H31F2N5O4. The first-order chi connectivity index (χ1) is 18.3. The maximum absolute atomic E-state index is 14.8. The number of H-pyrrole nitrogens is 1. The second kappa shape index (κ2) is 11.0. The van der Waals surface area contributed by atoms with Crippen LogP contribution >= 0.6 is 0 Å². The van der Waals surface area contributed by atoms with E-state index in [0.717, 1.165) is 12.8 Å². The quantitative estimate of drug-likeness (QED) is 0.391. The van der Waals surface area contributed by atoms with Gasteiger partial charge in [0.2, 0.25) is 5.91 Å². The number of halogens is 2. The fourth-order valence-corrected chi connectivity index (χ4v) is 4.95. The van der Waals surface area contributed by atoms with Crippen LogP contribution in [0.4, 0.5) is 8.78 Å². The molecule has 0 radical (unpaired) electrons. The van der Waals surface area contributed by atoms with Crippen molar-refractivity contribution in [1.82, 2.24) is 25.6 Å². The zero-order valence-electron chi connectivity index (χ0n) is 21.4. The van der Waals surface area contributed by atoms with Crippen LogP contribution in [-0.2, 0) is 9.53 Å². The van der Waals surface area contributed by atoms with Crippen LogP contribution in [-0.4, -0.2) is 65.3 Å². The number of nitrogens with zero attached hydrogens (tertiary/aromatic N) is 2. The zero-order chi connectivity index (χ0) is 26.8. The maximum atomic E-state index is 14.8. The van der Waals surface area contributed by atoms with Gasteiger partial charge in [-0.1, -0.05) is 0 Å². The first-order valence-electron chi connectivity index (χ1n) is 12.8. The van der Waals surface area contributed by atoms with Gasteiger partial charge < -0.3 is 25.1 Å². The van der Waals surface area contributed by atoms with Gasteiger partial charge in [-0.25, -0.2) is 18.7 Å². The van der Waals surface area contributed by atoms with E-state index in [1.165, 1.54) is 25.6 Å². The van der Waals surface area contributed by atoms with Crippen molar-refractivity contribution in [2.45, 2.75) is 57.3 Å². The number of aromatic amines is 1. The third-order valence-electron chi connectivity index (χ3n) is 7.10. The number of nitrogens with one attached hydrogen (secondary N) is 3. The van der Waals surface area contributed by atoms with Gasteiger partial charge in [0.25, 0.3) is 5.91 Å². The van der Waals surface area contributed by atoms with Gasteiger partial charge in [-0.3, -0.25) is 9.59 Å². The number of aryl methyl sites for hydroxylation is 1. The smallest absolute Gasteiger partial charge is 0.255 e. The molecule has 3 aromatic rings. The Bertz CT molecular complexity index is 1340. The van der Waals surface area contributed by atoms with Crippen molar-refractivity contribution < 1.29 is 27.8 Å². The third-order valence-corrected chi connectivity index (χ3v) is 7.10. The molecule has 2 fully saturated rings. The third kappa shape index (κ3) is 5.62. The molecule has 2 aliphatic carbocycles. The standard InChI is InChI=1S/C27H31F2N5O4/c1-14-23(27(36)33-17-6-7-20(19(29)10-17)34-22(35)12-37-2)25-26(32-14)24(30-13-31-25)18-9-16(28)5-8-21(18)38-11-15-3-4-15/h5,8-9,13,15,17,19-20,32H,3-4,6-7,10-12H2,1-2H3,(H,33,36)(H,34,35)/t17-,19-,20+/m1/s1. The van der Waals surface area contributed by atoms with Gasteiger partial charge in [0.1, 0.15) is 41.9 Å². The average molecular weight is 528 g/mol. The lowest BCUT2D eigenvalue weighted by molar-refractivity contribution is -0.126. The summed E-state index contributed by atoms with van der Waals surface area (Å²) in [6.07, 6.45) is 3.26. The number of hydrogen-bond donors (Lipinski definition) is 3. The fourth-order valence-electron chi connectivity index (χ4n) is 4.95. The number of carbonyl (C=O) groups is 2. The monoisotopic (exact) mass is 527 g/mol. The normalized spacial score (nSPS) is 21.3. The molecule has 2 aromatic heterocycles. The lowest BCUT2D eigenvalue weighted by atomic mass is 9.89. The molecule has 5 rings (SSSR count). The van der Waals surface area contributed by atoms with E-state index in [1.807, 2.05) is 0 Å². The summed E-state index contributed by atoms with van der Waals surface area (Å²) in [4.78, 5) is 37.0. The molecule has 3 N–H and O–H groups in total. The van der Waals surface area contributed by atoms with Crippen LogP contribution in [0.3, 0.4) is 0 Å². The van der Waals surface area contributed by atoms with Gasteiger partial charge in [0.05, 0.1) is 23.7 Å². The van der Waals surface area contributed by atoms with E-state index >= 15 is 0 Å². The Hall–Kier alpha value is -3.60. The predicted molar refractivity (Wildman–Crippen MR) is 136 cm³/mol. The molecule has 11 heteroatoms. The maximum Gasteiger partial charge on any atom is 0.255 e. The van der Waals surface area contributed by atoms with E-state index < -0.39 is 24.1 Å². The van der Waals surface area contributed by atoms with Crippen molar-refractivity contribution in [3.05, 3.63) is 41.6 Å². The highest BCUT2D eigenvalue weighted by Crippen LogP contribution is 2.37. The molecule has 0 bridgehead atoms. The summed E-state index contributed by atoms with van der Waals surface area (Å²) in [6.45, 7) is 2.17. The minimum absolute atomic E-state index is 0.0797. The highest BCUT2D eigenvalue weighted by molar-refractivity contribution is 6.09. The zero-order valence-corrected chi connectivity index (χ0v) is 21.4. The van der Waals surface area contributed by atoms with Crippen molar-refractivity contribution in [2.75, 3.05) is 20.3 Å². The van der Waals surface area contributed by atoms with Crippen molar-refractivity contribution in [2.24, 2.45) is 5.92 Å². The first kappa shape index (κ1) is 26.0. The first-order valence-corrected chi connectivity index (χ1v) is 12.8. The van der Waals surface area contributed by atoms with Gasteiger partial charge in [0, 0.05) is 30.8 Å². The fraction of sp³-hybridized carbons (Fsp3) is 0.481. The summed E-state index contributed by atoms with van der Waals surface area (Å²) in [5.74, 6) is -0.155. The molecular weight excluding hydrogens is 496 g/mol. The molecule has 3 atom stereocenters. The van der Waals surface area contributed by atoms with Crippen LogP contribution in [0, 0.1) is 18.7 Å². The minimum Gasteiger partial charge on any atom is -0.493 e. The van der Waals surface area contributed by atoms with Crippen LogP contribution in [0.2, 0.25) is 0 Å². The van der Waals surface area contributed by atoms with Crippen LogP contribution < -0.4 is 15.4 Å². The number of hydrogen-bond acceptors (Lipinski definition) is 6. The van der Waals surface area contributed by atoms with Crippen molar-refractivity contribution in [3.8, 4) is 17.0 Å². The largest absolute Gasteiger partial charge is 0.493 e. The molecule has 0 saturated heterocycles. The highest BCUT2D eigenvalue weighted by Gasteiger charge is 2.33. The molecule has 0 unspecified atom stereocenters. The lowest BCUT2D eigenvalue weighted by Gasteiger charge is -2.32. The summed E-state index contributed by atoms with van der Waals surface area (Å²) in [5.41, 5.74) is 2.67. The number of amides is 2. The number of ether oxygens (including phenoxy) is 2. The summed E-state index contributed by atoms with van der Waals surface area (Å²) >= 11 is 0. The summed E-state index contributed by atoms with van der Waals surface area (Å²) in [7, 11) is 1.40. The minimum atomic E-state index is -1.30. The van der Waals surface area contributed by atoms with E-state index in [9.17, 15) is 18.4 Å². The number of rotatable bonds is 9. The highest BCUT2D eigenvalue weighted by atomic mass is 19.1. The second-order valence-electron chi connectivity index (χ2n) is 10.1. The Balaban J connectivity index is 1.35. The summed E-state index contributed by atoms with van der Waals surface area (Å²) < 4.78 is 39.8. The Kier molecular flexibility index (Phi) is 7.55. The van der Waals surface area contributed by atoms with E-state index in [2.05, 4.69) is 25.6 Å². The summed E-state index contributed by atoms with van der Waals surface area (Å²) in [6, 6.07) is 3.29. The average Bonchev–Trinajstić information content (AvgIpc) is 3.64. The van der Waals surface area contributed by atoms with Crippen molar-refractivity contribution in [1.29, 1.82) is 0 Å². The molecule has 38 heavy (non-hydrogen) atoms. The van der Waals surface area contributed by atoms with Gasteiger partial charge in [-0.05, 0) is 56.7 Å². The molecule has 2 heterocycles. The SMILES string of the molecule is COCC(=O)N[C@H]1CC[C@@H](NC(=O)c2c(C)[nH]c3c(-c4cc(F)ccc4OCC4CC4)ncnc23)C[C@H]1F. The van der Waals surface area contributed by atoms with Crippen LogP contribution in [0.15, 0.2) is 24.5 Å². The lowest BCUT2D eigenvalue weighted by Crippen LogP contribution is -2.50. The molecule has 2 saturated carbocycles. The van der Waals surface area contributed by atoms with E-state index in [1.54, 1.807) is 13.0 Å². The molecule has 1 aromatic carbocycles. The van der Waals surface area contributed by atoms with Gasteiger partial charge in [-0.15, -0.1) is 0 Å². The Labute approximate surface area is 218 Å². The topological polar surface area (TPSA) is 118 Å². The van der Waals surface area contributed by atoms with E-state index in [-0.39, 0.29) is 24.8 Å². The van der Waals surface area contributed by atoms with Crippen LogP contribution in [0.1, 0.15) is 48.2 Å². The Morgan fingerprint density at radius 2 is 1.97 bits per heavy atom. The molecule has 9 nitrogen and oxygen atoms in total. The predicted octanol–water partition coefficient (Wildman–Crippen LogP) is 3.61. The van der Waals surface area contributed by atoms with Gasteiger partial charge in [-0.2, -0.15) is 0 Å². The molecule has 202 valence electrons. The molecule has 2 aliphatic rings. The number of fused-ring (bicyclic) bond motifs is 1. The second-order valence-corrected chi connectivity index (χ2v) is 10.1.